The highest BCUT2D eigenvalue weighted by atomic mass is 16.5. The molecule has 0 spiro atoms. The number of hydrogen-bond acceptors (Lipinski definition) is 3. The van der Waals surface area contributed by atoms with Crippen molar-refractivity contribution in [2.45, 2.75) is 45.2 Å². The maximum atomic E-state index is 12.1. The summed E-state index contributed by atoms with van der Waals surface area (Å²) in [5, 5.41) is 3.04. The Morgan fingerprint density at radius 3 is 2.84 bits per heavy atom. The first-order valence-electron chi connectivity index (χ1n) is 6.90. The van der Waals surface area contributed by atoms with Gasteiger partial charge in [-0.3, -0.25) is 4.79 Å². The molecule has 0 heterocycles. The fourth-order valence-electron chi connectivity index (χ4n) is 2.52. The van der Waals surface area contributed by atoms with Crippen LogP contribution in [0.4, 0.5) is 0 Å². The van der Waals surface area contributed by atoms with Gasteiger partial charge in [0.1, 0.15) is 5.75 Å². The average Bonchev–Trinajstić information content (AvgIpc) is 2.77. The van der Waals surface area contributed by atoms with Crippen molar-refractivity contribution in [3.63, 3.8) is 0 Å². The topological polar surface area (TPSA) is 64.3 Å². The maximum absolute atomic E-state index is 12.1. The molecule has 4 heteroatoms. The van der Waals surface area contributed by atoms with Gasteiger partial charge in [-0.25, -0.2) is 0 Å². The SMILES string of the molecule is CCOc1ccc(C(=O)NC2CCC(N)C2)cc1C. The van der Waals surface area contributed by atoms with Gasteiger partial charge in [0.2, 0.25) is 0 Å². The molecule has 2 rings (SSSR count). The summed E-state index contributed by atoms with van der Waals surface area (Å²) in [5.41, 5.74) is 7.51. The Balaban J connectivity index is 2.01. The van der Waals surface area contributed by atoms with Crippen LogP contribution in [-0.4, -0.2) is 24.6 Å². The summed E-state index contributed by atoms with van der Waals surface area (Å²) in [6.45, 7) is 4.53. The Bertz CT molecular complexity index is 459. The quantitative estimate of drug-likeness (QED) is 0.872. The van der Waals surface area contributed by atoms with Crippen LogP contribution in [0, 0.1) is 6.92 Å². The van der Waals surface area contributed by atoms with Crippen LogP contribution in [0.5, 0.6) is 5.75 Å². The molecule has 4 nitrogen and oxygen atoms in total. The zero-order valence-corrected chi connectivity index (χ0v) is 11.6. The molecule has 1 amide bonds. The smallest absolute Gasteiger partial charge is 0.251 e. The second kappa shape index (κ2) is 6.06. The second-order valence-corrected chi connectivity index (χ2v) is 5.16. The van der Waals surface area contributed by atoms with Crippen LogP contribution < -0.4 is 15.8 Å². The molecular formula is C15H22N2O2. The summed E-state index contributed by atoms with van der Waals surface area (Å²) in [6, 6.07) is 5.98. The number of carbonyl (C=O) groups is 1. The molecule has 104 valence electrons. The van der Waals surface area contributed by atoms with E-state index in [1.165, 1.54) is 0 Å². The molecule has 1 fully saturated rings. The zero-order valence-electron chi connectivity index (χ0n) is 11.6. The van der Waals surface area contributed by atoms with E-state index in [1.54, 1.807) is 0 Å². The van der Waals surface area contributed by atoms with E-state index in [4.69, 9.17) is 10.5 Å². The van der Waals surface area contributed by atoms with Crippen LogP contribution >= 0.6 is 0 Å². The number of nitrogens with one attached hydrogen (secondary N) is 1. The predicted octanol–water partition coefficient (Wildman–Crippen LogP) is 2.00. The Morgan fingerprint density at radius 1 is 1.47 bits per heavy atom. The van der Waals surface area contributed by atoms with Crippen molar-refractivity contribution in [2.24, 2.45) is 5.73 Å². The van der Waals surface area contributed by atoms with Gasteiger partial charge in [0.15, 0.2) is 0 Å². The Hall–Kier alpha value is -1.55. The minimum absolute atomic E-state index is 0.0229. The number of nitrogens with two attached hydrogens (primary N) is 1. The summed E-state index contributed by atoms with van der Waals surface area (Å²) in [5.74, 6) is 0.812. The van der Waals surface area contributed by atoms with E-state index in [-0.39, 0.29) is 18.0 Å². The van der Waals surface area contributed by atoms with Crippen molar-refractivity contribution in [1.82, 2.24) is 5.32 Å². The number of amides is 1. The van der Waals surface area contributed by atoms with E-state index in [0.717, 1.165) is 30.6 Å². The van der Waals surface area contributed by atoms with Crippen molar-refractivity contribution in [3.8, 4) is 5.75 Å². The summed E-state index contributed by atoms with van der Waals surface area (Å²) in [6.07, 6.45) is 2.85. The van der Waals surface area contributed by atoms with Gasteiger partial charge in [0, 0.05) is 17.6 Å². The van der Waals surface area contributed by atoms with E-state index in [2.05, 4.69) is 5.32 Å². The lowest BCUT2D eigenvalue weighted by molar-refractivity contribution is 0.0937. The van der Waals surface area contributed by atoms with Gasteiger partial charge >= 0.3 is 0 Å². The normalized spacial score (nSPS) is 22.3. The van der Waals surface area contributed by atoms with Crippen LogP contribution in [-0.2, 0) is 0 Å². The first kappa shape index (κ1) is 13.9. The standard InChI is InChI=1S/C15H22N2O2/c1-3-19-14-7-4-11(8-10(14)2)15(18)17-13-6-5-12(16)9-13/h4,7-8,12-13H,3,5-6,9,16H2,1-2H3,(H,17,18). The first-order chi connectivity index (χ1) is 9.10. The fraction of sp³-hybridized carbons (Fsp3) is 0.533. The van der Waals surface area contributed by atoms with Crippen molar-refractivity contribution >= 4 is 5.91 Å². The molecule has 1 aliphatic carbocycles. The Labute approximate surface area is 114 Å². The highest BCUT2D eigenvalue weighted by molar-refractivity contribution is 5.94. The van der Waals surface area contributed by atoms with E-state index >= 15 is 0 Å². The lowest BCUT2D eigenvalue weighted by Gasteiger charge is -2.13. The van der Waals surface area contributed by atoms with E-state index in [1.807, 2.05) is 32.0 Å². The molecular weight excluding hydrogens is 240 g/mol. The van der Waals surface area contributed by atoms with Crippen molar-refractivity contribution < 1.29 is 9.53 Å². The molecule has 2 unspecified atom stereocenters. The Kier molecular flexibility index (Phi) is 4.43. The molecule has 0 radical (unpaired) electrons. The minimum Gasteiger partial charge on any atom is -0.494 e. The number of benzene rings is 1. The molecule has 1 aromatic carbocycles. The monoisotopic (exact) mass is 262 g/mol. The first-order valence-corrected chi connectivity index (χ1v) is 6.90. The molecule has 3 N–H and O–H groups in total. The van der Waals surface area contributed by atoms with Crippen LogP contribution in [0.1, 0.15) is 42.1 Å². The van der Waals surface area contributed by atoms with Crippen LogP contribution in [0.25, 0.3) is 0 Å². The van der Waals surface area contributed by atoms with Gasteiger partial charge < -0.3 is 15.8 Å². The zero-order chi connectivity index (χ0) is 13.8. The van der Waals surface area contributed by atoms with E-state index in [0.29, 0.717) is 12.2 Å². The number of hydrogen-bond donors (Lipinski definition) is 2. The molecule has 1 aliphatic rings. The van der Waals surface area contributed by atoms with Gasteiger partial charge in [-0.2, -0.15) is 0 Å². The maximum Gasteiger partial charge on any atom is 0.251 e. The third kappa shape index (κ3) is 3.47. The number of carbonyl (C=O) groups excluding carboxylic acids is 1. The van der Waals surface area contributed by atoms with Crippen LogP contribution in [0.15, 0.2) is 18.2 Å². The fourth-order valence-corrected chi connectivity index (χ4v) is 2.52. The number of aryl methyl sites for hydroxylation is 1. The highest BCUT2D eigenvalue weighted by Crippen LogP contribution is 2.21. The molecule has 1 saturated carbocycles. The highest BCUT2D eigenvalue weighted by Gasteiger charge is 2.23. The van der Waals surface area contributed by atoms with Crippen molar-refractivity contribution in [3.05, 3.63) is 29.3 Å². The summed E-state index contributed by atoms with van der Waals surface area (Å²) in [4.78, 5) is 12.1. The summed E-state index contributed by atoms with van der Waals surface area (Å²) < 4.78 is 5.47. The summed E-state index contributed by atoms with van der Waals surface area (Å²) >= 11 is 0. The number of ether oxygens (including phenoxy) is 1. The van der Waals surface area contributed by atoms with Gasteiger partial charge in [-0.1, -0.05) is 0 Å². The molecule has 0 aliphatic heterocycles. The molecule has 1 aromatic rings. The molecule has 0 saturated heterocycles. The lowest BCUT2D eigenvalue weighted by Crippen LogP contribution is -2.34. The molecule has 0 bridgehead atoms. The lowest BCUT2D eigenvalue weighted by atomic mass is 10.1. The molecule has 19 heavy (non-hydrogen) atoms. The predicted molar refractivity (Wildman–Crippen MR) is 75.4 cm³/mol. The molecule has 2 atom stereocenters. The van der Waals surface area contributed by atoms with Gasteiger partial charge in [0.25, 0.3) is 5.91 Å². The van der Waals surface area contributed by atoms with E-state index < -0.39 is 0 Å². The third-order valence-corrected chi connectivity index (χ3v) is 3.55. The largest absolute Gasteiger partial charge is 0.494 e. The number of rotatable bonds is 4. The third-order valence-electron chi connectivity index (χ3n) is 3.55. The van der Waals surface area contributed by atoms with Crippen molar-refractivity contribution in [1.29, 1.82) is 0 Å². The van der Waals surface area contributed by atoms with Gasteiger partial charge in [-0.05, 0) is 56.9 Å². The van der Waals surface area contributed by atoms with Crippen LogP contribution in [0.2, 0.25) is 0 Å². The van der Waals surface area contributed by atoms with Crippen LogP contribution in [0.3, 0.4) is 0 Å². The van der Waals surface area contributed by atoms with Gasteiger partial charge in [-0.15, -0.1) is 0 Å². The minimum atomic E-state index is -0.0229. The van der Waals surface area contributed by atoms with E-state index in [9.17, 15) is 4.79 Å². The second-order valence-electron chi connectivity index (χ2n) is 5.16. The summed E-state index contributed by atoms with van der Waals surface area (Å²) in [7, 11) is 0. The molecule has 0 aromatic heterocycles. The average molecular weight is 262 g/mol. The Morgan fingerprint density at radius 2 is 2.26 bits per heavy atom. The van der Waals surface area contributed by atoms with Crippen molar-refractivity contribution in [2.75, 3.05) is 6.61 Å². The van der Waals surface area contributed by atoms with Gasteiger partial charge in [0.05, 0.1) is 6.61 Å².